The summed E-state index contributed by atoms with van der Waals surface area (Å²) in [5, 5.41) is 2.71. The Kier molecular flexibility index (Phi) is 6.93. The highest BCUT2D eigenvalue weighted by molar-refractivity contribution is 5.68. The number of imidazole rings is 1. The maximum absolute atomic E-state index is 13.7. The van der Waals surface area contributed by atoms with Crippen molar-refractivity contribution in [2.45, 2.75) is 70.6 Å². The van der Waals surface area contributed by atoms with Gasteiger partial charge in [-0.05, 0) is 39.2 Å². The fourth-order valence-electron chi connectivity index (χ4n) is 3.78. The van der Waals surface area contributed by atoms with Gasteiger partial charge in [0.15, 0.2) is 0 Å². The second-order valence-electron chi connectivity index (χ2n) is 8.86. The lowest BCUT2D eigenvalue weighted by Crippen LogP contribution is -2.56. The van der Waals surface area contributed by atoms with Crippen LogP contribution in [-0.4, -0.2) is 51.0 Å². The monoisotopic (exact) mass is 438 g/mol. The number of hydrogen-bond acceptors (Lipinski definition) is 4. The summed E-state index contributed by atoms with van der Waals surface area (Å²) in [4.78, 5) is 17.8. The lowest BCUT2D eigenvalue weighted by molar-refractivity contribution is -0.194. The van der Waals surface area contributed by atoms with Crippen LogP contribution in [0.1, 0.15) is 45.0 Å². The Morgan fingerprint density at radius 3 is 2.52 bits per heavy atom. The highest BCUT2D eigenvalue weighted by Gasteiger charge is 2.46. The molecule has 1 saturated heterocycles. The van der Waals surface area contributed by atoms with Gasteiger partial charge in [-0.1, -0.05) is 30.3 Å². The maximum Gasteiger partial charge on any atom is 0.407 e. The third-order valence-corrected chi connectivity index (χ3v) is 5.12. The summed E-state index contributed by atoms with van der Waals surface area (Å²) < 4.78 is 48.2. The van der Waals surface area contributed by atoms with Crippen molar-refractivity contribution in [3.63, 3.8) is 0 Å². The quantitative estimate of drug-likeness (QED) is 0.754. The Morgan fingerprint density at radius 2 is 1.87 bits per heavy atom. The molecule has 1 N–H and O–H groups in total. The zero-order valence-electron chi connectivity index (χ0n) is 18.0. The van der Waals surface area contributed by atoms with E-state index in [0.29, 0.717) is 12.4 Å². The van der Waals surface area contributed by atoms with Gasteiger partial charge in [0.2, 0.25) is 0 Å². The minimum absolute atomic E-state index is 0.0382. The lowest BCUT2D eigenvalue weighted by Gasteiger charge is -2.40. The molecule has 1 aromatic carbocycles. The minimum Gasteiger partial charge on any atom is -0.444 e. The highest BCUT2D eigenvalue weighted by atomic mass is 19.4. The van der Waals surface area contributed by atoms with Gasteiger partial charge >= 0.3 is 12.3 Å². The number of halogens is 3. The van der Waals surface area contributed by atoms with E-state index in [1.807, 2.05) is 34.9 Å². The lowest BCUT2D eigenvalue weighted by atomic mass is 9.97. The van der Waals surface area contributed by atoms with E-state index in [9.17, 15) is 18.0 Å². The van der Waals surface area contributed by atoms with Crippen molar-refractivity contribution in [3.05, 3.63) is 54.1 Å². The molecule has 1 aliphatic rings. The summed E-state index contributed by atoms with van der Waals surface area (Å²) in [6.45, 7) is 5.86. The summed E-state index contributed by atoms with van der Waals surface area (Å²) in [7, 11) is 0. The molecule has 0 aliphatic carbocycles. The first-order valence-corrected chi connectivity index (χ1v) is 10.4. The SMILES string of the molecule is CC(C)(C)OC(=O)N[C@@H]1CC[C@H](C(F)(F)F)N(Cc2nccn2Cc2ccccc2)C1. The van der Waals surface area contributed by atoms with Crippen LogP contribution in [0.15, 0.2) is 42.7 Å². The van der Waals surface area contributed by atoms with E-state index in [4.69, 9.17) is 4.74 Å². The number of benzene rings is 1. The van der Waals surface area contributed by atoms with Crippen LogP contribution in [0.4, 0.5) is 18.0 Å². The van der Waals surface area contributed by atoms with Crippen molar-refractivity contribution in [3.8, 4) is 0 Å². The molecule has 3 rings (SSSR count). The molecule has 2 heterocycles. The topological polar surface area (TPSA) is 59.4 Å². The van der Waals surface area contributed by atoms with Crippen molar-refractivity contribution in [1.29, 1.82) is 0 Å². The van der Waals surface area contributed by atoms with Gasteiger partial charge in [0.1, 0.15) is 17.5 Å². The first-order valence-electron chi connectivity index (χ1n) is 10.4. The zero-order chi connectivity index (χ0) is 22.6. The third-order valence-electron chi connectivity index (χ3n) is 5.12. The number of likely N-dealkylation sites (tertiary alicyclic amines) is 1. The number of carbonyl (C=O) groups is 1. The Bertz CT molecular complexity index is 862. The van der Waals surface area contributed by atoms with Crippen LogP contribution >= 0.6 is 0 Å². The van der Waals surface area contributed by atoms with E-state index in [1.165, 1.54) is 4.90 Å². The normalized spacial score (nSPS) is 20.5. The molecular formula is C22H29F3N4O2. The number of alkyl halides is 3. The Labute approximate surface area is 180 Å². The molecule has 1 aliphatic heterocycles. The van der Waals surface area contributed by atoms with Gasteiger partial charge in [-0.25, -0.2) is 9.78 Å². The predicted octanol–water partition coefficient (Wildman–Crippen LogP) is 4.35. The van der Waals surface area contributed by atoms with Gasteiger partial charge < -0.3 is 14.6 Å². The van der Waals surface area contributed by atoms with Crippen LogP contribution in [0.2, 0.25) is 0 Å². The molecule has 170 valence electrons. The maximum atomic E-state index is 13.7. The van der Waals surface area contributed by atoms with Crippen molar-refractivity contribution in [1.82, 2.24) is 19.8 Å². The van der Waals surface area contributed by atoms with Crippen LogP contribution in [0.5, 0.6) is 0 Å². The van der Waals surface area contributed by atoms with E-state index in [2.05, 4.69) is 10.3 Å². The molecule has 0 bridgehead atoms. The molecule has 1 fully saturated rings. The first-order chi connectivity index (χ1) is 14.5. The van der Waals surface area contributed by atoms with Crippen molar-refractivity contribution in [2.75, 3.05) is 6.54 Å². The average molecular weight is 438 g/mol. The number of nitrogens with zero attached hydrogens (tertiary/aromatic N) is 3. The van der Waals surface area contributed by atoms with Gasteiger partial charge in [-0.2, -0.15) is 13.2 Å². The molecule has 2 atom stereocenters. The van der Waals surface area contributed by atoms with E-state index >= 15 is 0 Å². The van der Waals surface area contributed by atoms with Crippen LogP contribution < -0.4 is 5.32 Å². The molecule has 0 radical (unpaired) electrons. The number of piperidine rings is 1. The van der Waals surface area contributed by atoms with Gasteiger partial charge in [-0.15, -0.1) is 0 Å². The molecular weight excluding hydrogens is 409 g/mol. The smallest absolute Gasteiger partial charge is 0.407 e. The van der Waals surface area contributed by atoms with E-state index in [-0.39, 0.29) is 25.9 Å². The number of hydrogen-bond donors (Lipinski definition) is 1. The number of amides is 1. The van der Waals surface area contributed by atoms with E-state index < -0.39 is 30.0 Å². The number of aromatic nitrogens is 2. The largest absolute Gasteiger partial charge is 0.444 e. The van der Waals surface area contributed by atoms with Gasteiger partial charge in [0, 0.05) is 31.5 Å². The molecule has 0 saturated carbocycles. The van der Waals surface area contributed by atoms with Crippen molar-refractivity contribution >= 4 is 6.09 Å². The first kappa shape index (κ1) is 23.1. The third kappa shape index (κ3) is 6.72. The summed E-state index contributed by atoms with van der Waals surface area (Å²) >= 11 is 0. The molecule has 9 heteroatoms. The fraction of sp³-hybridized carbons (Fsp3) is 0.545. The van der Waals surface area contributed by atoms with Crippen LogP contribution in [0.25, 0.3) is 0 Å². The van der Waals surface area contributed by atoms with Gasteiger partial charge in [0.25, 0.3) is 0 Å². The summed E-state index contributed by atoms with van der Waals surface area (Å²) in [5.41, 5.74) is 0.368. The summed E-state index contributed by atoms with van der Waals surface area (Å²) in [6, 6.07) is 7.68. The van der Waals surface area contributed by atoms with Crippen LogP contribution in [0, 0.1) is 0 Å². The summed E-state index contributed by atoms with van der Waals surface area (Å²) in [6.07, 6.45) is -1.46. The minimum atomic E-state index is -4.35. The second-order valence-corrected chi connectivity index (χ2v) is 8.86. The molecule has 1 amide bonds. The standard InChI is InChI=1S/C22H29F3N4O2/c1-21(2,3)31-20(30)27-17-9-10-18(22(23,24)25)29(14-17)15-19-26-11-12-28(19)13-16-7-5-4-6-8-16/h4-8,11-12,17-18H,9-10,13-15H2,1-3H3,(H,27,30)/t17-,18-/m1/s1. The second kappa shape index (κ2) is 9.30. The zero-order valence-corrected chi connectivity index (χ0v) is 18.0. The van der Waals surface area contributed by atoms with E-state index in [0.717, 1.165) is 5.56 Å². The average Bonchev–Trinajstić information content (AvgIpc) is 3.07. The molecule has 0 spiro atoms. The number of ether oxygens (including phenoxy) is 1. The van der Waals surface area contributed by atoms with Crippen LogP contribution in [0.3, 0.4) is 0 Å². The molecule has 31 heavy (non-hydrogen) atoms. The predicted molar refractivity (Wildman–Crippen MR) is 110 cm³/mol. The summed E-state index contributed by atoms with van der Waals surface area (Å²) in [5.74, 6) is 0.552. The number of nitrogens with one attached hydrogen (secondary N) is 1. The molecule has 6 nitrogen and oxygen atoms in total. The van der Waals surface area contributed by atoms with Crippen LogP contribution in [-0.2, 0) is 17.8 Å². The number of carbonyl (C=O) groups excluding carboxylic acids is 1. The van der Waals surface area contributed by atoms with Gasteiger partial charge in [0.05, 0.1) is 6.54 Å². The Balaban J connectivity index is 1.72. The molecule has 0 unspecified atom stereocenters. The van der Waals surface area contributed by atoms with Crippen molar-refractivity contribution in [2.24, 2.45) is 0 Å². The van der Waals surface area contributed by atoms with Gasteiger partial charge in [-0.3, -0.25) is 4.90 Å². The van der Waals surface area contributed by atoms with Crippen molar-refractivity contribution < 1.29 is 22.7 Å². The molecule has 2 aromatic rings. The molecule has 1 aromatic heterocycles. The number of rotatable bonds is 5. The number of alkyl carbamates (subject to hydrolysis) is 1. The highest BCUT2D eigenvalue weighted by Crippen LogP contribution is 2.33. The Morgan fingerprint density at radius 1 is 1.16 bits per heavy atom. The fourth-order valence-corrected chi connectivity index (χ4v) is 3.78. The van der Waals surface area contributed by atoms with E-state index in [1.54, 1.807) is 33.2 Å². The Hall–Kier alpha value is -2.55.